The molecule has 1 N–H and O–H groups in total. The molecule has 2 aliphatic rings. The van der Waals surface area contributed by atoms with Crippen LogP contribution in [0.25, 0.3) is 0 Å². The molecule has 2 fully saturated rings. The smallest absolute Gasteiger partial charge is 0.193 e. The number of nitrogens with one attached hydrogen (secondary N) is 1. The number of guanidine groups is 1. The zero-order chi connectivity index (χ0) is 18.4. The van der Waals surface area contributed by atoms with Gasteiger partial charge < -0.3 is 10.2 Å². The molecule has 3 rings (SSSR count). The highest BCUT2D eigenvalue weighted by atomic mass is 32.2. The summed E-state index contributed by atoms with van der Waals surface area (Å²) in [4.78, 5) is 13.7. The van der Waals surface area contributed by atoms with Crippen LogP contribution in [0.1, 0.15) is 37.9 Å². The number of hydrogen-bond donors (Lipinski definition) is 1. The molecule has 0 aromatic carbocycles. The first kappa shape index (κ1) is 19.5. The van der Waals surface area contributed by atoms with Gasteiger partial charge in [-0.1, -0.05) is 19.3 Å². The average molecular weight is 380 g/mol. The molecular weight excluding hydrogens is 346 g/mol. The summed E-state index contributed by atoms with van der Waals surface area (Å²) >= 11 is 2.09. The third-order valence-corrected chi connectivity index (χ3v) is 6.74. The Kier molecular flexibility index (Phi) is 6.80. The molecule has 0 amide bonds. The van der Waals surface area contributed by atoms with Crippen molar-refractivity contribution in [1.82, 2.24) is 29.9 Å². The van der Waals surface area contributed by atoms with Crippen molar-refractivity contribution in [3.8, 4) is 0 Å². The highest BCUT2D eigenvalue weighted by molar-refractivity contribution is 7.99. The Hall–Kier alpha value is -1.28. The summed E-state index contributed by atoms with van der Waals surface area (Å²) in [7, 11) is 5.85. The van der Waals surface area contributed by atoms with Crippen LogP contribution in [0.4, 0.5) is 0 Å². The molecule has 0 spiro atoms. The summed E-state index contributed by atoms with van der Waals surface area (Å²) in [5.41, 5.74) is 0.292. The minimum atomic E-state index is 0.292. The Morgan fingerprint density at radius 2 is 2.04 bits per heavy atom. The lowest BCUT2D eigenvalue weighted by molar-refractivity contribution is 0.0621. The van der Waals surface area contributed by atoms with Gasteiger partial charge in [-0.2, -0.15) is 16.9 Å². The molecule has 0 bridgehead atoms. The van der Waals surface area contributed by atoms with Gasteiger partial charge in [-0.05, 0) is 12.8 Å². The Morgan fingerprint density at radius 1 is 1.31 bits per heavy atom. The lowest BCUT2D eigenvalue weighted by Gasteiger charge is -2.48. The number of hydrogen-bond acceptors (Lipinski definition) is 5. The van der Waals surface area contributed by atoms with Crippen LogP contribution in [0.5, 0.6) is 0 Å². The molecule has 1 aromatic rings. The average Bonchev–Trinajstić information content (AvgIpc) is 3.08. The van der Waals surface area contributed by atoms with Crippen molar-refractivity contribution in [1.29, 1.82) is 0 Å². The van der Waals surface area contributed by atoms with E-state index in [1.54, 1.807) is 6.33 Å². The third kappa shape index (κ3) is 4.52. The summed E-state index contributed by atoms with van der Waals surface area (Å²) in [6, 6.07) is 0. The predicted molar refractivity (Wildman–Crippen MR) is 109 cm³/mol. The van der Waals surface area contributed by atoms with E-state index in [4.69, 9.17) is 0 Å². The Labute approximate surface area is 161 Å². The minimum absolute atomic E-state index is 0.292. The molecule has 2 heterocycles. The molecule has 1 saturated carbocycles. The Balaban J connectivity index is 1.63. The maximum Gasteiger partial charge on any atom is 0.193 e. The van der Waals surface area contributed by atoms with Crippen LogP contribution in [0.15, 0.2) is 11.3 Å². The molecular formula is C18H33N7S. The third-order valence-electron chi connectivity index (χ3n) is 5.80. The molecule has 8 heteroatoms. The fraction of sp³-hybridized carbons (Fsp3) is 0.833. The van der Waals surface area contributed by atoms with Gasteiger partial charge in [-0.15, -0.1) is 0 Å². The Morgan fingerprint density at radius 3 is 2.65 bits per heavy atom. The molecule has 146 valence electrons. The van der Waals surface area contributed by atoms with E-state index in [1.807, 2.05) is 18.8 Å². The van der Waals surface area contributed by atoms with Gasteiger partial charge >= 0.3 is 0 Å². The van der Waals surface area contributed by atoms with Crippen molar-refractivity contribution >= 4 is 17.7 Å². The minimum Gasteiger partial charge on any atom is -0.354 e. The standard InChI is InChI=1S/C18H33N7S/c1-19-17(23(2)13-16-21-15-22-24(16)3)20-14-18(7-5-4-6-8-18)25-9-11-26-12-10-25/h15H,4-14H2,1-3H3,(H,19,20). The molecule has 1 aliphatic carbocycles. The molecule has 1 saturated heterocycles. The van der Waals surface area contributed by atoms with Gasteiger partial charge in [0.2, 0.25) is 0 Å². The van der Waals surface area contributed by atoms with Crippen molar-refractivity contribution in [2.75, 3.05) is 45.2 Å². The lowest BCUT2D eigenvalue weighted by atomic mass is 9.80. The van der Waals surface area contributed by atoms with Gasteiger partial charge in [0.05, 0.1) is 6.54 Å². The van der Waals surface area contributed by atoms with Crippen molar-refractivity contribution < 1.29 is 0 Å². The van der Waals surface area contributed by atoms with Crippen LogP contribution < -0.4 is 5.32 Å². The van der Waals surface area contributed by atoms with E-state index >= 15 is 0 Å². The van der Waals surface area contributed by atoms with E-state index in [0.29, 0.717) is 12.1 Å². The SMILES string of the molecule is CN=C(NCC1(N2CCSCC2)CCCCC1)N(C)Cc1ncnn1C. The highest BCUT2D eigenvalue weighted by Crippen LogP contribution is 2.34. The largest absolute Gasteiger partial charge is 0.354 e. The molecule has 0 atom stereocenters. The fourth-order valence-corrected chi connectivity index (χ4v) is 5.13. The monoisotopic (exact) mass is 379 g/mol. The first-order valence-corrected chi connectivity index (χ1v) is 10.9. The van der Waals surface area contributed by atoms with Crippen molar-refractivity contribution in [2.24, 2.45) is 12.0 Å². The topological polar surface area (TPSA) is 61.6 Å². The van der Waals surface area contributed by atoms with Gasteiger partial charge in [0.25, 0.3) is 0 Å². The van der Waals surface area contributed by atoms with E-state index in [9.17, 15) is 0 Å². The second-order valence-corrected chi connectivity index (χ2v) is 8.67. The summed E-state index contributed by atoms with van der Waals surface area (Å²) in [5.74, 6) is 4.41. The number of aryl methyl sites for hydroxylation is 1. The molecule has 7 nitrogen and oxygen atoms in total. The zero-order valence-corrected chi connectivity index (χ0v) is 17.3. The quantitative estimate of drug-likeness (QED) is 0.619. The van der Waals surface area contributed by atoms with E-state index in [-0.39, 0.29) is 0 Å². The van der Waals surface area contributed by atoms with Gasteiger partial charge in [-0.3, -0.25) is 14.6 Å². The molecule has 26 heavy (non-hydrogen) atoms. The van der Waals surface area contributed by atoms with Crippen LogP contribution >= 0.6 is 11.8 Å². The number of rotatable bonds is 5. The van der Waals surface area contributed by atoms with Crippen molar-refractivity contribution in [3.63, 3.8) is 0 Å². The van der Waals surface area contributed by atoms with E-state index in [2.05, 4.69) is 49.0 Å². The number of aliphatic imine (C=N–C) groups is 1. The first-order chi connectivity index (χ1) is 12.6. The highest BCUT2D eigenvalue weighted by Gasteiger charge is 2.38. The van der Waals surface area contributed by atoms with Crippen LogP contribution in [0, 0.1) is 0 Å². The lowest BCUT2D eigenvalue weighted by Crippen LogP contribution is -2.59. The first-order valence-electron chi connectivity index (χ1n) is 9.72. The number of aromatic nitrogens is 3. The van der Waals surface area contributed by atoms with Gasteiger partial charge in [0, 0.05) is 57.8 Å². The number of nitrogens with zero attached hydrogens (tertiary/aromatic N) is 6. The normalized spacial score (nSPS) is 21.6. The van der Waals surface area contributed by atoms with E-state index in [1.165, 1.54) is 56.7 Å². The van der Waals surface area contributed by atoms with Gasteiger partial charge in [0.1, 0.15) is 12.2 Å². The molecule has 0 unspecified atom stereocenters. The maximum atomic E-state index is 4.51. The Bertz CT molecular complexity index is 588. The van der Waals surface area contributed by atoms with Crippen LogP contribution in [-0.4, -0.2) is 81.3 Å². The van der Waals surface area contributed by atoms with Crippen molar-refractivity contribution in [2.45, 2.75) is 44.2 Å². The van der Waals surface area contributed by atoms with Crippen molar-refractivity contribution in [3.05, 3.63) is 12.2 Å². The molecule has 1 aromatic heterocycles. The van der Waals surface area contributed by atoms with Gasteiger partial charge in [-0.25, -0.2) is 4.98 Å². The van der Waals surface area contributed by atoms with Crippen LogP contribution in [-0.2, 0) is 13.6 Å². The van der Waals surface area contributed by atoms with Gasteiger partial charge in [0.15, 0.2) is 5.96 Å². The second kappa shape index (κ2) is 9.08. The number of thioether (sulfide) groups is 1. The predicted octanol–water partition coefficient (Wildman–Crippen LogP) is 1.57. The molecule has 1 aliphatic heterocycles. The van der Waals surface area contributed by atoms with Crippen LogP contribution in [0.3, 0.4) is 0 Å². The van der Waals surface area contributed by atoms with E-state index in [0.717, 1.165) is 18.3 Å². The molecule has 0 radical (unpaired) electrons. The zero-order valence-electron chi connectivity index (χ0n) is 16.4. The van der Waals surface area contributed by atoms with Crippen LogP contribution in [0.2, 0.25) is 0 Å². The van der Waals surface area contributed by atoms with E-state index < -0.39 is 0 Å². The summed E-state index contributed by atoms with van der Waals surface area (Å²) in [6.45, 7) is 4.12. The second-order valence-electron chi connectivity index (χ2n) is 7.44. The summed E-state index contributed by atoms with van der Waals surface area (Å²) in [6.07, 6.45) is 8.27. The summed E-state index contributed by atoms with van der Waals surface area (Å²) in [5, 5.41) is 7.84. The fourth-order valence-electron chi connectivity index (χ4n) is 4.23. The maximum absolute atomic E-state index is 4.51. The summed E-state index contributed by atoms with van der Waals surface area (Å²) < 4.78 is 1.82.